The number of aliphatic hydroxyl groups is 1. The van der Waals surface area contributed by atoms with Crippen LogP contribution in [0.15, 0.2) is 51.7 Å². The largest absolute Gasteiger partial charge is 0.504 e. The zero-order valence-electron chi connectivity index (χ0n) is 32.1. The van der Waals surface area contributed by atoms with Gasteiger partial charge >= 0.3 is 29.5 Å². The van der Waals surface area contributed by atoms with Gasteiger partial charge in [0, 0.05) is 17.4 Å². The molecular formula is C40H30O25. The summed E-state index contributed by atoms with van der Waals surface area (Å²) in [4.78, 5) is 80.4. The third-order valence-corrected chi connectivity index (χ3v) is 10.1. The molecule has 1 saturated heterocycles. The number of benzene rings is 4. The number of fused-ring (bicyclic) bond motifs is 3. The van der Waals surface area contributed by atoms with Crippen LogP contribution < -0.4 is 5.63 Å². The fraction of sp³-hybridized carbons (Fsp3) is 0.200. The number of aliphatic hydroxyl groups excluding tert-OH is 1. The lowest BCUT2D eigenvalue weighted by molar-refractivity contribution is -0.288. The molecule has 6 atom stereocenters. The molecule has 0 bridgehead atoms. The van der Waals surface area contributed by atoms with Crippen LogP contribution in [0, 0.1) is 0 Å². The van der Waals surface area contributed by atoms with E-state index in [1.807, 2.05) is 0 Å². The fourth-order valence-corrected chi connectivity index (χ4v) is 6.91. The predicted molar refractivity (Wildman–Crippen MR) is 203 cm³/mol. The number of carbonyl (C=O) groups is 5. The molecule has 65 heavy (non-hydrogen) atoms. The van der Waals surface area contributed by atoms with E-state index in [-0.39, 0.29) is 0 Å². The number of ether oxygens (including phenoxy) is 5. The quantitative estimate of drug-likeness (QED) is 0.0554. The van der Waals surface area contributed by atoms with Crippen LogP contribution in [0.1, 0.15) is 59.5 Å². The topological polar surface area (TPSA) is 425 Å². The summed E-state index contributed by atoms with van der Waals surface area (Å²) in [6.07, 6.45) is -12.6. The minimum Gasteiger partial charge on any atom is -0.504 e. The lowest BCUT2D eigenvalue weighted by Gasteiger charge is -2.42. The molecule has 1 aliphatic carbocycles. The van der Waals surface area contributed by atoms with Gasteiger partial charge in [-0.15, -0.1) is 0 Å². The predicted octanol–water partition coefficient (Wildman–Crippen LogP) is 0.867. The van der Waals surface area contributed by atoms with Gasteiger partial charge in [0.25, 0.3) is 0 Å². The maximum Gasteiger partial charge on any atom is 0.344 e. The molecule has 13 N–H and O–H groups in total. The van der Waals surface area contributed by atoms with Crippen molar-refractivity contribution in [1.29, 1.82) is 0 Å². The number of phenolic OH excluding ortho intramolecular Hbond substituents is 12. The zero-order chi connectivity index (χ0) is 47.5. The average molecular weight is 911 g/mol. The highest BCUT2D eigenvalue weighted by molar-refractivity contribution is 6.10. The maximum atomic E-state index is 14.3. The van der Waals surface area contributed by atoms with Crippen LogP contribution in [0.5, 0.6) is 69.0 Å². The van der Waals surface area contributed by atoms with E-state index in [0.717, 1.165) is 0 Å². The van der Waals surface area contributed by atoms with E-state index in [1.165, 1.54) is 0 Å². The zero-order valence-corrected chi connectivity index (χ0v) is 32.1. The highest BCUT2D eigenvalue weighted by Crippen LogP contribution is 2.48. The van der Waals surface area contributed by atoms with E-state index in [4.69, 9.17) is 28.1 Å². The van der Waals surface area contributed by atoms with Gasteiger partial charge in [0.05, 0.1) is 28.0 Å². The first kappa shape index (κ1) is 44.2. The van der Waals surface area contributed by atoms with E-state index in [0.29, 0.717) is 42.5 Å². The number of aromatic hydroxyl groups is 12. The van der Waals surface area contributed by atoms with E-state index >= 15 is 0 Å². The van der Waals surface area contributed by atoms with Gasteiger partial charge in [0.2, 0.25) is 12.0 Å². The standard InChI is InChI=1S/C40H30O25/c41-15-1-10(2-16(42)26(15)49)35(55)60-9-23-33(63-39(59)14-8-22(48)32-25(14)24-13(38(58)62-32)7-21(47)29(52)30(24)53)34(64-36(56)11-3-17(43)27(50)18(44)4-11)31(54)40(61-23)65-37(57)12-5-19(45)28(51)20(46)6-12/h1-7,14,23,31,33-34,40-47,49-54H,8-9H2. The van der Waals surface area contributed by atoms with Gasteiger partial charge in [-0.25, -0.2) is 19.2 Å². The van der Waals surface area contributed by atoms with Crippen molar-refractivity contribution in [2.24, 2.45) is 0 Å². The van der Waals surface area contributed by atoms with Crippen molar-refractivity contribution < 1.29 is 118 Å². The Hall–Kier alpha value is -8.84. The molecule has 0 radical (unpaired) electrons. The summed E-state index contributed by atoms with van der Waals surface area (Å²) in [5.41, 5.74) is -3.95. The summed E-state index contributed by atoms with van der Waals surface area (Å²) in [7, 11) is 0. The first-order valence-electron chi connectivity index (χ1n) is 18.2. The smallest absolute Gasteiger partial charge is 0.344 e. The molecule has 340 valence electrons. The molecule has 2 heterocycles. The van der Waals surface area contributed by atoms with Crippen LogP contribution in [-0.4, -0.2) is 133 Å². The number of hydrogen-bond donors (Lipinski definition) is 13. The molecule has 1 aliphatic heterocycles. The minimum atomic E-state index is -2.52. The van der Waals surface area contributed by atoms with Crippen molar-refractivity contribution in [2.45, 2.75) is 43.0 Å². The molecule has 4 aromatic carbocycles. The highest BCUT2D eigenvalue weighted by Gasteiger charge is 2.53. The van der Waals surface area contributed by atoms with Crippen LogP contribution >= 0.6 is 0 Å². The van der Waals surface area contributed by atoms with Crippen LogP contribution in [-0.2, 0) is 28.5 Å². The number of ketones is 1. The molecule has 6 unspecified atom stereocenters. The molecule has 0 saturated carbocycles. The Balaban J connectivity index is 1.31. The lowest BCUT2D eigenvalue weighted by atomic mass is 9.95. The molecule has 1 fully saturated rings. The average Bonchev–Trinajstić information content (AvgIpc) is 3.58. The highest BCUT2D eigenvalue weighted by atomic mass is 16.7. The molecule has 25 heteroatoms. The minimum absolute atomic E-state index is 0.564. The van der Waals surface area contributed by atoms with Gasteiger partial charge in [-0.2, -0.15) is 0 Å². The number of hydrogen-bond acceptors (Lipinski definition) is 25. The number of phenols is 12. The van der Waals surface area contributed by atoms with Gasteiger partial charge in [-0.3, -0.25) is 9.59 Å². The van der Waals surface area contributed by atoms with Crippen molar-refractivity contribution in [3.8, 4) is 69.0 Å². The summed E-state index contributed by atoms with van der Waals surface area (Å²) in [6, 6.07) is 4.30. The van der Waals surface area contributed by atoms with Crippen molar-refractivity contribution in [3.05, 3.63) is 80.9 Å². The van der Waals surface area contributed by atoms with Crippen molar-refractivity contribution in [1.82, 2.24) is 0 Å². The number of rotatable bonds is 9. The molecule has 0 amide bonds. The van der Waals surface area contributed by atoms with Crippen LogP contribution in [0.4, 0.5) is 0 Å². The Morgan fingerprint density at radius 1 is 0.569 bits per heavy atom. The maximum absolute atomic E-state index is 14.3. The summed E-state index contributed by atoms with van der Waals surface area (Å²) < 4.78 is 32.4. The van der Waals surface area contributed by atoms with Gasteiger partial charge in [-0.1, -0.05) is 0 Å². The summed E-state index contributed by atoms with van der Waals surface area (Å²) in [5.74, 6) is -22.6. The normalized spacial score (nSPS) is 20.2. The molecule has 1 aromatic heterocycles. The van der Waals surface area contributed by atoms with Gasteiger partial charge in [-0.05, 0) is 42.5 Å². The van der Waals surface area contributed by atoms with Gasteiger partial charge in [0.1, 0.15) is 12.7 Å². The summed E-state index contributed by atoms with van der Waals surface area (Å²) in [6.45, 7) is -1.19. The molecule has 2 aliphatic rings. The monoisotopic (exact) mass is 910 g/mol. The van der Waals surface area contributed by atoms with Crippen molar-refractivity contribution in [2.75, 3.05) is 6.61 Å². The van der Waals surface area contributed by atoms with Crippen LogP contribution in [0.25, 0.3) is 10.8 Å². The summed E-state index contributed by atoms with van der Waals surface area (Å²) in [5, 5.41) is 131. The van der Waals surface area contributed by atoms with Gasteiger partial charge in [0.15, 0.2) is 93.1 Å². The van der Waals surface area contributed by atoms with E-state index < -0.39 is 193 Å². The second-order valence-corrected chi connectivity index (χ2v) is 14.2. The second kappa shape index (κ2) is 16.5. The number of carbonyl (C=O) groups excluding carboxylic acids is 5. The van der Waals surface area contributed by atoms with E-state index in [2.05, 4.69) is 0 Å². The third kappa shape index (κ3) is 7.93. The fourth-order valence-electron chi connectivity index (χ4n) is 6.91. The molecule has 7 rings (SSSR count). The number of Topliss-reactive ketones (excluding diaryl/α,β-unsaturated/α-hetero) is 1. The Labute approximate surface area is 358 Å². The Bertz CT molecular complexity index is 2850. The molecule has 0 spiro atoms. The van der Waals surface area contributed by atoms with Gasteiger partial charge < -0.3 is 94.5 Å². The Morgan fingerprint density at radius 2 is 1.03 bits per heavy atom. The summed E-state index contributed by atoms with van der Waals surface area (Å²) >= 11 is 0. The van der Waals surface area contributed by atoms with Crippen LogP contribution in [0.3, 0.4) is 0 Å². The number of esters is 4. The van der Waals surface area contributed by atoms with Crippen LogP contribution in [0.2, 0.25) is 0 Å². The molecule has 25 nitrogen and oxygen atoms in total. The Morgan fingerprint density at radius 3 is 1.54 bits per heavy atom. The Kier molecular flexibility index (Phi) is 11.2. The molecule has 5 aromatic rings. The molecular weight excluding hydrogens is 880 g/mol. The second-order valence-electron chi connectivity index (χ2n) is 14.2. The first-order chi connectivity index (χ1) is 30.6. The first-order valence-corrected chi connectivity index (χ1v) is 18.2. The third-order valence-electron chi connectivity index (χ3n) is 10.1. The lowest BCUT2D eigenvalue weighted by Crippen LogP contribution is -2.62. The SMILES string of the molecule is O=C(OCC1OC(OC(=O)c2cc(O)c(O)c(O)c2)C(O)C(OC(=O)c2cc(O)c(O)c(O)c2)C1OC(=O)C1CC(=O)c2oc(=O)c3cc(O)c(O)c(O)c3c21)c1cc(O)c(O)c(O)c1. The van der Waals surface area contributed by atoms with Crippen molar-refractivity contribution >= 4 is 40.4 Å². The van der Waals surface area contributed by atoms with Crippen molar-refractivity contribution in [3.63, 3.8) is 0 Å². The van der Waals surface area contributed by atoms with E-state index in [9.17, 15) is 95.2 Å². The van der Waals surface area contributed by atoms with E-state index in [1.54, 1.807) is 0 Å².